The van der Waals surface area contributed by atoms with Gasteiger partial charge >= 0.3 is 0 Å². The van der Waals surface area contributed by atoms with E-state index in [2.05, 4.69) is 37.2 Å². The minimum Gasteiger partial charge on any atom is -0.467 e. The third-order valence-corrected chi connectivity index (χ3v) is 6.32. The Balaban J connectivity index is 1.41. The smallest absolute Gasteiger partial charge is 0.260 e. The van der Waals surface area contributed by atoms with E-state index < -0.39 is 0 Å². The van der Waals surface area contributed by atoms with Gasteiger partial charge in [-0.25, -0.2) is 19.9 Å². The number of nitrogens with zero attached hydrogens (tertiary/aromatic N) is 6. The normalized spacial score (nSPS) is 15.6. The number of carbonyl (C=O) groups is 1. The highest BCUT2D eigenvalue weighted by molar-refractivity contribution is 6.36. The number of anilines is 1. The van der Waals surface area contributed by atoms with Crippen LogP contribution in [-0.2, 0) is 4.79 Å². The Morgan fingerprint density at radius 3 is 2.88 bits per heavy atom. The molecule has 0 bridgehead atoms. The minimum absolute atomic E-state index is 0.0608. The Kier molecular flexibility index (Phi) is 6.16. The predicted octanol–water partition coefficient (Wildman–Crippen LogP) is 2.88. The van der Waals surface area contributed by atoms with Gasteiger partial charge in [-0.1, -0.05) is 23.7 Å². The Labute approximate surface area is 201 Å². The van der Waals surface area contributed by atoms with Gasteiger partial charge in [0.15, 0.2) is 18.1 Å². The standard InChI is InChI=1S/C23H25ClN8O2/c1-14(29-22-20-21(26-12-25-20)27-13-28-22)17-10-15-4-3-5-16(24)19(15)23(30-17)34-11-18(33)32-8-6-31(2)7-9-32/h3-5,10,12-14H,6-9,11H2,1-2H3,(H2,25,26,27,28,29). The predicted molar refractivity (Wildman–Crippen MR) is 130 cm³/mol. The molecular weight excluding hydrogens is 456 g/mol. The van der Waals surface area contributed by atoms with E-state index in [0.29, 0.717) is 46.4 Å². The maximum atomic E-state index is 12.7. The summed E-state index contributed by atoms with van der Waals surface area (Å²) in [5, 5.41) is 5.45. The number of carbonyl (C=O) groups excluding carboxylic acids is 1. The highest BCUT2D eigenvalue weighted by Crippen LogP contribution is 2.33. The number of piperazine rings is 1. The van der Waals surface area contributed by atoms with Crippen LogP contribution in [0.25, 0.3) is 21.9 Å². The summed E-state index contributed by atoms with van der Waals surface area (Å²) in [6.07, 6.45) is 3.04. The fraction of sp³-hybridized carbons (Fsp3) is 0.348. The molecule has 1 atom stereocenters. The van der Waals surface area contributed by atoms with Gasteiger partial charge in [0.25, 0.3) is 5.91 Å². The van der Waals surface area contributed by atoms with E-state index in [-0.39, 0.29) is 18.6 Å². The highest BCUT2D eigenvalue weighted by Gasteiger charge is 2.21. The molecule has 1 fully saturated rings. The van der Waals surface area contributed by atoms with E-state index >= 15 is 0 Å². The molecule has 5 rings (SSSR count). The van der Waals surface area contributed by atoms with Crippen LogP contribution in [0.15, 0.2) is 36.9 Å². The van der Waals surface area contributed by atoms with Gasteiger partial charge in [0.05, 0.1) is 28.5 Å². The third-order valence-electron chi connectivity index (χ3n) is 6.00. The van der Waals surface area contributed by atoms with Gasteiger partial charge in [-0.15, -0.1) is 0 Å². The molecule has 4 aromatic rings. The molecule has 2 N–H and O–H groups in total. The number of rotatable bonds is 6. The fourth-order valence-electron chi connectivity index (χ4n) is 4.01. The number of hydrogen-bond acceptors (Lipinski definition) is 8. The first-order valence-electron chi connectivity index (χ1n) is 11.1. The molecule has 1 amide bonds. The highest BCUT2D eigenvalue weighted by atomic mass is 35.5. The average molecular weight is 481 g/mol. The monoisotopic (exact) mass is 480 g/mol. The van der Waals surface area contributed by atoms with Crippen molar-refractivity contribution in [3.63, 3.8) is 0 Å². The summed E-state index contributed by atoms with van der Waals surface area (Å²) in [5.41, 5.74) is 2.02. The lowest BCUT2D eigenvalue weighted by atomic mass is 10.1. The molecule has 0 radical (unpaired) electrons. The number of benzene rings is 1. The third kappa shape index (κ3) is 4.46. The number of hydrogen-bond donors (Lipinski definition) is 2. The number of likely N-dealkylation sites (N-methyl/N-ethyl adjacent to an activating group) is 1. The molecule has 0 saturated carbocycles. The molecule has 1 aliphatic heterocycles. The van der Waals surface area contributed by atoms with Crippen molar-refractivity contribution in [1.29, 1.82) is 0 Å². The zero-order chi connectivity index (χ0) is 23.7. The van der Waals surface area contributed by atoms with E-state index in [1.54, 1.807) is 12.4 Å². The van der Waals surface area contributed by atoms with E-state index in [1.165, 1.54) is 6.33 Å². The topological polar surface area (TPSA) is 112 Å². The largest absolute Gasteiger partial charge is 0.467 e. The van der Waals surface area contributed by atoms with Crippen LogP contribution in [0, 0.1) is 0 Å². The number of aromatic amines is 1. The van der Waals surface area contributed by atoms with Crippen molar-refractivity contribution in [3.05, 3.63) is 47.6 Å². The van der Waals surface area contributed by atoms with Crippen LogP contribution in [0.2, 0.25) is 5.02 Å². The van der Waals surface area contributed by atoms with Crippen molar-refractivity contribution in [2.24, 2.45) is 0 Å². The Hall–Kier alpha value is -3.50. The van der Waals surface area contributed by atoms with Gasteiger partial charge in [-0.05, 0) is 31.5 Å². The quantitative estimate of drug-likeness (QED) is 0.433. The molecule has 0 spiro atoms. The second-order valence-corrected chi connectivity index (χ2v) is 8.76. The molecule has 3 aromatic heterocycles. The lowest BCUT2D eigenvalue weighted by Crippen LogP contribution is -2.48. The molecular formula is C23H25ClN8O2. The molecule has 11 heteroatoms. The summed E-state index contributed by atoms with van der Waals surface area (Å²) < 4.78 is 5.97. The first-order chi connectivity index (χ1) is 16.5. The number of nitrogens with one attached hydrogen (secondary N) is 2. The summed E-state index contributed by atoms with van der Waals surface area (Å²) >= 11 is 6.49. The second-order valence-electron chi connectivity index (χ2n) is 8.35. The Bertz CT molecular complexity index is 1340. The van der Waals surface area contributed by atoms with Crippen molar-refractivity contribution < 1.29 is 9.53 Å². The van der Waals surface area contributed by atoms with Crippen molar-refractivity contribution >= 4 is 45.3 Å². The Morgan fingerprint density at radius 1 is 1.24 bits per heavy atom. The maximum Gasteiger partial charge on any atom is 0.260 e. The molecule has 1 unspecified atom stereocenters. The van der Waals surface area contributed by atoms with E-state index in [4.69, 9.17) is 21.3 Å². The van der Waals surface area contributed by atoms with Crippen molar-refractivity contribution in [2.45, 2.75) is 13.0 Å². The Morgan fingerprint density at radius 2 is 2.06 bits per heavy atom. The van der Waals surface area contributed by atoms with Gasteiger partial charge in [0.1, 0.15) is 11.8 Å². The van der Waals surface area contributed by atoms with Gasteiger partial charge in [0.2, 0.25) is 5.88 Å². The number of ether oxygens (including phenoxy) is 1. The summed E-state index contributed by atoms with van der Waals surface area (Å²) in [7, 11) is 2.05. The van der Waals surface area contributed by atoms with Gasteiger partial charge in [0, 0.05) is 26.2 Å². The van der Waals surface area contributed by atoms with Crippen LogP contribution in [0.3, 0.4) is 0 Å². The number of fused-ring (bicyclic) bond motifs is 2. The number of amides is 1. The van der Waals surface area contributed by atoms with Crippen molar-refractivity contribution in [1.82, 2.24) is 34.7 Å². The minimum atomic E-state index is -0.222. The number of halogens is 1. The van der Waals surface area contributed by atoms with E-state index in [1.807, 2.05) is 30.0 Å². The van der Waals surface area contributed by atoms with E-state index in [0.717, 1.165) is 24.2 Å². The number of imidazole rings is 1. The SMILES string of the molecule is CC(Nc1ncnc2nc[nH]c12)c1cc2cccc(Cl)c2c(OCC(=O)N2CCN(C)CC2)n1. The number of pyridine rings is 1. The van der Waals surface area contributed by atoms with Crippen LogP contribution in [0.4, 0.5) is 5.82 Å². The molecule has 4 heterocycles. The summed E-state index contributed by atoms with van der Waals surface area (Å²) in [5.74, 6) is 0.897. The number of aromatic nitrogens is 5. The molecule has 0 aliphatic carbocycles. The lowest BCUT2D eigenvalue weighted by molar-refractivity contribution is -0.134. The van der Waals surface area contributed by atoms with Crippen LogP contribution in [-0.4, -0.2) is 80.5 Å². The molecule has 1 aliphatic rings. The van der Waals surface area contributed by atoms with Crippen LogP contribution < -0.4 is 10.1 Å². The first kappa shape index (κ1) is 22.3. The zero-order valence-electron chi connectivity index (χ0n) is 19.0. The summed E-state index contributed by atoms with van der Waals surface area (Å²) in [6.45, 7) is 4.96. The first-order valence-corrected chi connectivity index (χ1v) is 11.5. The summed E-state index contributed by atoms with van der Waals surface area (Å²) in [4.78, 5) is 37.2. The lowest BCUT2D eigenvalue weighted by Gasteiger charge is -2.32. The molecule has 176 valence electrons. The molecule has 34 heavy (non-hydrogen) atoms. The van der Waals surface area contributed by atoms with E-state index in [9.17, 15) is 4.79 Å². The maximum absolute atomic E-state index is 12.7. The van der Waals surface area contributed by atoms with Crippen LogP contribution >= 0.6 is 11.6 Å². The van der Waals surface area contributed by atoms with Crippen molar-refractivity contribution in [2.75, 3.05) is 45.2 Å². The molecule has 1 aromatic carbocycles. The number of H-pyrrole nitrogens is 1. The average Bonchev–Trinajstić information content (AvgIpc) is 3.33. The van der Waals surface area contributed by atoms with Gasteiger partial charge in [-0.3, -0.25) is 4.79 Å². The summed E-state index contributed by atoms with van der Waals surface area (Å²) in [6, 6.07) is 7.36. The second kappa shape index (κ2) is 9.40. The van der Waals surface area contributed by atoms with Crippen molar-refractivity contribution in [3.8, 4) is 5.88 Å². The molecule has 1 saturated heterocycles. The van der Waals surface area contributed by atoms with Gasteiger partial charge in [-0.2, -0.15) is 0 Å². The van der Waals surface area contributed by atoms with Crippen LogP contribution in [0.5, 0.6) is 5.88 Å². The zero-order valence-corrected chi connectivity index (χ0v) is 19.7. The fourth-order valence-corrected chi connectivity index (χ4v) is 4.27. The van der Waals surface area contributed by atoms with Crippen LogP contribution in [0.1, 0.15) is 18.7 Å². The van der Waals surface area contributed by atoms with Gasteiger partial charge < -0.3 is 24.8 Å². The molecule has 10 nitrogen and oxygen atoms in total.